The van der Waals surface area contributed by atoms with Crippen LogP contribution < -0.4 is 27.4 Å². The molecule has 0 aliphatic rings. The van der Waals surface area contributed by atoms with Gasteiger partial charge in [0, 0.05) is 25.5 Å². The molecule has 0 aliphatic carbocycles. The van der Waals surface area contributed by atoms with Gasteiger partial charge >= 0.3 is 5.69 Å². The van der Waals surface area contributed by atoms with Gasteiger partial charge in [-0.2, -0.15) is 5.10 Å². The third kappa shape index (κ3) is 4.20. The SMILES string of the molecule is CCCCn1c(N)c(N(C)C(=O)c2nn(CC(C)C)c(=O)c3ccccc23)c(=O)[nH]c1=O. The van der Waals surface area contributed by atoms with Crippen molar-refractivity contribution in [1.82, 2.24) is 19.3 Å². The molecule has 1 aromatic carbocycles. The molecule has 0 saturated carbocycles. The molecule has 3 aromatic rings. The Labute approximate surface area is 184 Å². The number of aromatic nitrogens is 4. The average Bonchev–Trinajstić information content (AvgIpc) is 2.74. The number of rotatable bonds is 7. The lowest BCUT2D eigenvalue weighted by atomic mass is 10.1. The number of fused-ring (bicyclic) bond motifs is 1. The molecule has 0 bridgehead atoms. The Kier molecular flexibility index (Phi) is 6.61. The summed E-state index contributed by atoms with van der Waals surface area (Å²) in [6.07, 6.45) is 1.50. The summed E-state index contributed by atoms with van der Waals surface area (Å²) in [4.78, 5) is 54.4. The van der Waals surface area contributed by atoms with Crippen LogP contribution in [0.2, 0.25) is 0 Å². The van der Waals surface area contributed by atoms with Crippen molar-refractivity contribution in [3.05, 3.63) is 61.2 Å². The number of nitrogens with one attached hydrogen (secondary N) is 1. The molecule has 0 spiro atoms. The fraction of sp³-hybridized carbons (Fsp3) is 0.409. The number of H-pyrrole nitrogens is 1. The fourth-order valence-electron chi connectivity index (χ4n) is 3.56. The molecule has 10 nitrogen and oxygen atoms in total. The van der Waals surface area contributed by atoms with E-state index in [1.165, 1.54) is 16.3 Å². The molecule has 0 unspecified atom stereocenters. The van der Waals surface area contributed by atoms with Crippen LogP contribution in [0.4, 0.5) is 11.5 Å². The van der Waals surface area contributed by atoms with Gasteiger partial charge in [-0.3, -0.25) is 23.9 Å². The second kappa shape index (κ2) is 9.21. The van der Waals surface area contributed by atoms with Gasteiger partial charge in [-0.15, -0.1) is 0 Å². The summed E-state index contributed by atoms with van der Waals surface area (Å²) >= 11 is 0. The number of aromatic amines is 1. The second-order valence-corrected chi connectivity index (χ2v) is 8.14. The maximum Gasteiger partial charge on any atom is 0.330 e. The number of carbonyl (C=O) groups is 1. The molecule has 0 fully saturated rings. The molecule has 3 rings (SSSR count). The number of carbonyl (C=O) groups excluding carboxylic acids is 1. The number of hydrogen-bond acceptors (Lipinski definition) is 6. The molecule has 10 heteroatoms. The zero-order valence-electron chi connectivity index (χ0n) is 18.7. The minimum absolute atomic E-state index is 0.0217. The summed E-state index contributed by atoms with van der Waals surface area (Å²) < 4.78 is 2.51. The Balaban J connectivity index is 2.18. The maximum absolute atomic E-state index is 13.5. The Morgan fingerprint density at radius 1 is 1.19 bits per heavy atom. The van der Waals surface area contributed by atoms with Crippen LogP contribution in [0.5, 0.6) is 0 Å². The molecule has 0 aliphatic heterocycles. The monoisotopic (exact) mass is 440 g/mol. The predicted molar refractivity (Wildman–Crippen MR) is 124 cm³/mol. The largest absolute Gasteiger partial charge is 0.383 e. The minimum Gasteiger partial charge on any atom is -0.383 e. The summed E-state index contributed by atoms with van der Waals surface area (Å²) in [5.74, 6) is -0.581. The molecular weight excluding hydrogens is 412 g/mol. The predicted octanol–water partition coefficient (Wildman–Crippen LogP) is 1.56. The van der Waals surface area contributed by atoms with E-state index >= 15 is 0 Å². The first kappa shape index (κ1) is 23.0. The lowest BCUT2D eigenvalue weighted by Crippen LogP contribution is -2.40. The van der Waals surface area contributed by atoms with Gasteiger partial charge in [-0.25, -0.2) is 9.48 Å². The van der Waals surface area contributed by atoms with Crippen molar-refractivity contribution in [2.45, 2.75) is 46.7 Å². The van der Waals surface area contributed by atoms with Gasteiger partial charge < -0.3 is 10.6 Å². The van der Waals surface area contributed by atoms with Crippen molar-refractivity contribution in [3.8, 4) is 0 Å². The van der Waals surface area contributed by atoms with Crippen LogP contribution in [0.1, 0.15) is 44.1 Å². The summed E-state index contributed by atoms with van der Waals surface area (Å²) in [7, 11) is 1.40. The number of hydrogen-bond donors (Lipinski definition) is 2. The van der Waals surface area contributed by atoms with E-state index in [-0.39, 0.29) is 28.7 Å². The Hall–Kier alpha value is -3.69. The van der Waals surface area contributed by atoms with Crippen molar-refractivity contribution in [3.63, 3.8) is 0 Å². The molecule has 2 heterocycles. The van der Waals surface area contributed by atoms with Crippen LogP contribution in [0.15, 0.2) is 38.6 Å². The van der Waals surface area contributed by atoms with Crippen molar-refractivity contribution >= 4 is 28.2 Å². The van der Waals surface area contributed by atoms with Crippen LogP contribution in [-0.2, 0) is 13.1 Å². The second-order valence-electron chi connectivity index (χ2n) is 8.14. The van der Waals surface area contributed by atoms with E-state index in [1.807, 2.05) is 20.8 Å². The third-order valence-corrected chi connectivity index (χ3v) is 5.20. The van der Waals surface area contributed by atoms with Gasteiger partial charge in [0.05, 0.1) is 5.39 Å². The minimum atomic E-state index is -0.768. The van der Waals surface area contributed by atoms with E-state index in [9.17, 15) is 19.2 Å². The number of amides is 1. The number of nitrogens with zero attached hydrogens (tertiary/aromatic N) is 4. The van der Waals surface area contributed by atoms with E-state index in [0.717, 1.165) is 11.3 Å². The Bertz CT molecular complexity index is 1330. The van der Waals surface area contributed by atoms with Crippen molar-refractivity contribution in [1.29, 1.82) is 0 Å². The van der Waals surface area contributed by atoms with Crippen LogP contribution in [0.3, 0.4) is 0 Å². The first-order valence-electron chi connectivity index (χ1n) is 10.6. The van der Waals surface area contributed by atoms with Crippen molar-refractivity contribution in [2.75, 3.05) is 17.7 Å². The van der Waals surface area contributed by atoms with Crippen molar-refractivity contribution in [2.24, 2.45) is 5.92 Å². The molecule has 170 valence electrons. The van der Waals surface area contributed by atoms with E-state index in [0.29, 0.717) is 30.3 Å². The molecule has 3 N–H and O–H groups in total. The molecule has 0 saturated heterocycles. The molecule has 1 amide bonds. The number of anilines is 2. The van der Waals surface area contributed by atoms with Crippen LogP contribution in [0, 0.1) is 5.92 Å². The summed E-state index contributed by atoms with van der Waals surface area (Å²) in [6.45, 7) is 6.49. The number of nitrogens with two attached hydrogens (primary N) is 1. The van der Waals surface area contributed by atoms with Gasteiger partial charge in [0.15, 0.2) is 11.4 Å². The van der Waals surface area contributed by atoms with Crippen molar-refractivity contribution < 1.29 is 4.79 Å². The fourth-order valence-corrected chi connectivity index (χ4v) is 3.56. The highest BCUT2D eigenvalue weighted by Gasteiger charge is 2.25. The molecule has 0 radical (unpaired) electrons. The lowest BCUT2D eigenvalue weighted by molar-refractivity contribution is 0.0987. The standard InChI is InChI=1S/C22H28N6O4/c1-5-6-11-27-18(23)17(19(29)24-22(27)32)26(4)21(31)16-14-9-7-8-10-15(14)20(30)28(25-16)12-13(2)3/h7-10,13H,5-6,11-12,23H2,1-4H3,(H,24,29,32). The van der Waals surface area contributed by atoms with E-state index in [1.54, 1.807) is 24.3 Å². The third-order valence-electron chi connectivity index (χ3n) is 5.20. The summed E-state index contributed by atoms with van der Waals surface area (Å²) in [5, 5.41) is 5.06. The van der Waals surface area contributed by atoms with Gasteiger partial charge in [-0.05, 0) is 18.4 Å². The first-order valence-corrected chi connectivity index (χ1v) is 10.6. The average molecular weight is 441 g/mol. The number of benzene rings is 1. The summed E-state index contributed by atoms with van der Waals surface area (Å²) in [5.41, 5.74) is 4.34. The zero-order valence-corrected chi connectivity index (χ0v) is 18.7. The summed E-state index contributed by atoms with van der Waals surface area (Å²) in [6, 6.07) is 6.70. The van der Waals surface area contributed by atoms with E-state index in [2.05, 4.69) is 10.1 Å². The maximum atomic E-state index is 13.5. The van der Waals surface area contributed by atoms with Crippen LogP contribution in [0.25, 0.3) is 10.8 Å². The normalized spacial score (nSPS) is 11.3. The van der Waals surface area contributed by atoms with E-state index < -0.39 is 17.2 Å². The van der Waals surface area contributed by atoms with Gasteiger partial charge in [-0.1, -0.05) is 45.4 Å². The zero-order chi connectivity index (χ0) is 23.6. The quantitative estimate of drug-likeness (QED) is 0.572. The molecule has 32 heavy (non-hydrogen) atoms. The molecule has 2 aromatic heterocycles. The number of nitrogen functional groups attached to an aromatic ring is 1. The van der Waals surface area contributed by atoms with Gasteiger partial charge in [0.2, 0.25) is 0 Å². The van der Waals surface area contributed by atoms with Gasteiger partial charge in [0.1, 0.15) is 5.82 Å². The Morgan fingerprint density at radius 3 is 2.47 bits per heavy atom. The van der Waals surface area contributed by atoms with E-state index in [4.69, 9.17) is 5.73 Å². The lowest BCUT2D eigenvalue weighted by Gasteiger charge is -2.21. The topological polar surface area (TPSA) is 136 Å². The van der Waals surface area contributed by atoms with Crippen LogP contribution >= 0.6 is 0 Å². The van der Waals surface area contributed by atoms with Gasteiger partial charge in [0.25, 0.3) is 17.0 Å². The smallest absolute Gasteiger partial charge is 0.330 e. The molecular formula is C22H28N6O4. The first-order chi connectivity index (χ1) is 15.2. The highest BCUT2D eigenvalue weighted by atomic mass is 16.2. The highest BCUT2D eigenvalue weighted by molar-refractivity contribution is 6.12. The Morgan fingerprint density at radius 2 is 1.84 bits per heavy atom. The number of unbranched alkanes of at least 4 members (excludes halogenated alkanes) is 1. The highest BCUT2D eigenvalue weighted by Crippen LogP contribution is 2.21. The molecule has 0 atom stereocenters. The van der Waals surface area contributed by atoms with Crippen LogP contribution in [-0.4, -0.2) is 32.3 Å².